The maximum Gasteiger partial charge on any atom is 0.320 e. The molecule has 0 bridgehead atoms. The molecule has 0 radical (unpaired) electrons. The van der Waals surface area contributed by atoms with Crippen molar-refractivity contribution in [3.8, 4) is 0 Å². The van der Waals surface area contributed by atoms with E-state index in [-0.39, 0.29) is 24.5 Å². The number of primary amides is 1. The molecule has 8 heteroatoms. The van der Waals surface area contributed by atoms with Crippen LogP contribution in [0.3, 0.4) is 0 Å². The zero-order valence-electron chi connectivity index (χ0n) is 11.5. The Labute approximate surface area is 119 Å². The molecular formula is C12H22N2O5S. The van der Waals surface area contributed by atoms with Gasteiger partial charge >= 0.3 is 5.97 Å². The Hall–Kier alpha value is -1.15. The lowest BCUT2D eigenvalue weighted by atomic mass is 10.1. The number of carbonyl (C=O) groups is 2. The number of nitrogens with two attached hydrogens (primary N) is 1. The Kier molecular flexibility index (Phi) is 6.41. The van der Waals surface area contributed by atoms with Crippen molar-refractivity contribution < 1.29 is 23.1 Å². The van der Waals surface area contributed by atoms with Crippen LogP contribution in [0.5, 0.6) is 0 Å². The molecule has 0 saturated carbocycles. The van der Waals surface area contributed by atoms with Crippen LogP contribution in [0.4, 0.5) is 0 Å². The number of carboxylic acids is 1. The largest absolute Gasteiger partial charge is 0.480 e. The van der Waals surface area contributed by atoms with Crippen LogP contribution in [0, 0.1) is 0 Å². The van der Waals surface area contributed by atoms with Gasteiger partial charge in [0.1, 0.15) is 6.04 Å². The molecule has 0 aromatic rings. The Balaban J connectivity index is 2.56. The lowest BCUT2D eigenvalue weighted by Crippen LogP contribution is -2.43. The SMILES string of the molecule is NC(=O)CCS(=O)(=O)CCN1CCCCCC1C(=O)O. The second-order valence-electron chi connectivity index (χ2n) is 5.11. The highest BCUT2D eigenvalue weighted by Gasteiger charge is 2.28. The first-order valence-electron chi connectivity index (χ1n) is 6.77. The highest BCUT2D eigenvalue weighted by atomic mass is 32.2. The normalized spacial score (nSPS) is 21.3. The predicted molar refractivity (Wildman–Crippen MR) is 73.9 cm³/mol. The average Bonchev–Trinajstić information content (AvgIpc) is 2.59. The Morgan fingerprint density at radius 3 is 2.50 bits per heavy atom. The average molecular weight is 306 g/mol. The van der Waals surface area contributed by atoms with Crippen LogP contribution in [0.2, 0.25) is 0 Å². The van der Waals surface area contributed by atoms with Gasteiger partial charge in [0.25, 0.3) is 0 Å². The molecule has 0 spiro atoms. The minimum Gasteiger partial charge on any atom is -0.480 e. The molecule has 0 aromatic heterocycles. The summed E-state index contributed by atoms with van der Waals surface area (Å²) in [6.45, 7) is 0.792. The summed E-state index contributed by atoms with van der Waals surface area (Å²) < 4.78 is 23.5. The highest BCUT2D eigenvalue weighted by molar-refractivity contribution is 7.91. The summed E-state index contributed by atoms with van der Waals surface area (Å²) >= 11 is 0. The molecule has 1 aliphatic rings. The van der Waals surface area contributed by atoms with E-state index in [2.05, 4.69) is 0 Å². The summed E-state index contributed by atoms with van der Waals surface area (Å²) in [6, 6.07) is -0.608. The van der Waals surface area contributed by atoms with Crippen molar-refractivity contribution >= 4 is 21.7 Å². The lowest BCUT2D eigenvalue weighted by Gasteiger charge is -2.26. The van der Waals surface area contributed by atoms with Gasteiger partial charge in [-0.25, -0.2) is 8.42 Å². The first kappa shape index (κ1) is 16.9. The number of sulfone groups is 1. The van der Waals surface area contributed by atoms with E-state index in [9.17, 15) is 23.1 Å². The van der Waals surface area contributed by atoms with Crippen molar-refractivity contribution in [2.75, 3.05) is 24.6 Å². The van der Waals surface area contributed by atoms with Crippen molar-refractivity contribution in [2.45, 2.75) is 38.1 Å². The quantitative estimate of drug-likeness (QED) is 0.661. The molecule has 116 valence electrons. The lowest BCUT2D eigenvalue weighted by molar-refractivity contribution is -0.143. The first-order valence-corrected chi connectivity index (χ1v) is 8.59. The van der Waals surface area contributed by atoms with Crippen LogP contribution in [0.1, 0.15) is 32.1 Å². The zero-order valence-corrected chi connectivity index (χ0v) is 12.3. The molecule has 1 unspecified atom stereocenters. The zero-order chi connectivity index (χ0) is 15.2. The van der Waals surface area contributed by atoms with E-state index in [1.165, 1.54) is 0 Å². The van der Waals surface area contributed by atoms with E-state index in [0.29, 0.717) is 13.0 Å². The van der Waals surface area contributed by atoms with E-state index >= 15 is 0 Å². The van der Waals surface area contributed by atoms with Crippen LogP contribution in [-0.2, 0) is 19.4 Å². The van der Waals surface area contributed by atoms with E-state index in [4.69, 9.17) is 5.73 Å². The van der Waals surface area contributed by atoms with Gasteiger partial charge < -0.3 is 10.8 Å². The van der Waals surface area contributed by atoms with E-state index in [1.807, 2.05) is 0 Å². The number of hydrogen-bond donors (Lipinski definition) is 2. The monoisotopic (exact) mass is 306 g/mol. The summed E-state index contributed by atoms with van der Waals surface area (Å²) in [5, 5.41) is 9.19. The Morgan fingerprint density at radius 1 is 1.20 bits per heavy atom. The molecule has 1 aliphatic heterocycles. The van der Waals surface area contributed by atoms with Gasteiger partial charge in [-0.05, 0) is 19.4 Å². The fourth-order valence-corrected chi connectivity index (χ4v) is 3.56. The van der Waals surface area contributed by atoms with Gasteiger partial charge in [0, 0.05) is 13.0 Å². The molecule has 0 aliphatic carbocycles. The van der Waals surface area contributed by atoms with Crippen molar-refractivity contribution in [2.24, 2.45) is 5.73 Å². The molecule has 20 heavy (non-hydrogen) atoms. The van der Waals surface area contributed by atoms with Crippen LogP contribution in [0.15, 0.2) is 0 Å². The maximum atomic E-state index is 11.8. The van der Waals surface area contributed by atoms with Crippen LogP contribution >= 0.6 is 0 Å². The number of hydrogen-bond acceptors (Lipinski definition) is 5. The molecule has 0 aromatic carbocycles. The van der Waals surface area contributed by atoms with E-state index < -0.39 is 27.8 Å². The predicted octanol–water partition coefficient (Wildman–Crippen LogP) is -0.394. The van der Waals surface area contributed by atoms with Gasteiger partial charge in [-0.2, -0.15) is 0 Å². The second-order valence-corrected chi connectivity index (χ2v) is 7.41. The number of nitrogens with zero attached hydrogens (tertiary/aromatic N) is 1. The number of rotatable bonds is 7. The standard InChI is InChI=1S/C12H22N2O5S/c13-11(15)5-8-20(18,19)9-7-14-6-3-1-2-4-10(14)12(16)17/h10H,1-9H2,(H2,13,15)(H,16,17). The molecular weight excluding hydrogens is 284 g/mol. The van der Waals surface area contributed by atoms with Gasteiger partial charge in [-0.3, -0.25) is 14.5 Å². The third-order valence-electron chi connectivity index (χ3n) is 3.50. The van der Waals surface area contributed by atoms with Crippen molar-refractivity contribution in [1.82, 2.24) is 4.90 Å². The van der Waals surface area contributed by atoms with E-state index in [1.54, 1.807) is 4.90 Å². The molecule has 1 amide bonds. The molecule has 1 heterocycles. The smallest absolute Gasteiger partial charge is 0.320 e. The number of amides is 1. The van der Waals surface area contributed by atoms with E-state index in [0.717, 1.165) is 19.3 Å². The third-order valence-corrected chi connectivity index (χ3v) is 5.13. The van der Waals surface area contributed by atoms with Gasteiger partial charge in [0.05, 0.1) is 11.5 Å². The van der Waals surface area contributed by atoms with Gasteiger partial charge in [-0.1, -0.05) is 12.8 Å². The number of aliphatic carboxylic acids is 1. The van der Waals surface area contributed by atoms with Crippen LogP contribution in [0.25, 0.3) is 0 Å². The molecule has 1 fully saturated rings. The number of carbonyl (C=O) groups excluding carboxylic acids is 1. The molecule has 3 N–H and O–H groups in total. The Bertz CT molecular complexity index is 449. The fourth-order valence-electron chi connectivity index (χ4n) is 2.33. The van der Waals surface area contributed by atoms with Crippen LogP contribution in [-0.4, -0.2) is 60.9 Å². The van der Waals surface area contributed by atoms with Crippen molar-refractivity contribution in [3.63, 3.8) is 0 Å². The number of carboxylic acid groups (broad SMARTS) is 1. The summed E-state index contributed by atoms with van der Waals surface area (Å²) in [7, 11) is -3.37. The Morgan fingerprint density at radius 2 is 1.90 bits per heavy atom. The maximum absolute atomic E-state index is 11.8. The minimum absolute atomic E-state index is 0.135. The van der Waals surface area contributed by atoms with Gasteiger partial charge in [0.2, 0.25) is 5.91 Å². The summed E-state index contributed by atoms with van der Waals surface area (Å²) in [5.74, 6) is -1.95. The van der Waals surface area contributed by atoms with Gasteiger partial charge in [0.15, 0.2) is 9.84 Å². The third kappa shape index (κ3) is 5.87. The fraction of sp³-hybridized carbons (Fsp3) is 0.833. The first-order chi connectivity index (χ1) is 9.32. The van der Waals surface area contributed by atoms with Gasteiger partial charge in [-0.15, -0.1) is 0 Å². The molecule has 1 rings (SSSR count). The summed E-state index contributed by atoms with van der Waals surface area (Å²) in [4.78, 5) is 23.5. The molecule has 7 nitrogen and oxygen atoms in total. The summed E-state index contributed by atoms with van der Waals surface area (Å²) in [5.41, 5.74) is 4.93. The summed E-state index contributed by atoms with van der Waals surface area (Å²) in [6.07, 6.45) is 3.06. The highest BCUT2D eigenvalue weighted by Crippen LogP contribution is 2.17. The second kappa shape index (κ2) is 7.58. The van der Waals surface area contributed by atoms with Crippen molar-refractivity contribution in [1.29, 1.82) is 0 Å². The van der Waals surface area contributed by atoms with Crippen molar-refractivity contribution in [3.05, 3.63) is 0 Å². The topological polar surface area (TPSA) is 118 Å². The number of likely N-dealkylation sites (tertiary alicyclic amines) is 1. The molecule has 1 saturated heterocycles. The minimum atomic E-state index is -3.37. The van der Waals surface area contributed by atoms with Crippen LogP contribution < -0.4 is 5.73 Å². The molecule has 1 atom stereocenters.